The van der Waals surface area contributed by atoms with Crippen molar-refractivity contribution >= 4 is 26.7 Å². The molecule has 0 aliphatic carbocycles. The van der Waals surface area contributed by atoms with Crippen LogP contribution < -0.4 is 0 Å². The molecule has 7 nitrogen and oxygen atoms in total. The van der Waals surface area contributed by atoms with Crippen LogP contribution in [0.5, 0.6) is 0 Å². The van der Waals surface area contributed by atoms with Gasteiger partial charge < -0.3 is 9.88 Å². The van der Waals surface area contributed by atoms with Crippen LogP contribution in [0.25, 0.3) is 10.8 Å². The number of aromatic nitrogens is 2. The molecule has 1 N–H and O–H groups in total. The number of aromatic amines is 1. The van der Waals surface area contributed by atoms with Gasteiger partial charge in [-0.05, 0) is 54.2 Å². The maximum absolute atomic E-state index is 13.7. The number of rotatable bonds is 7. The van der Waals surface area contributed by atoms with Crippen molar-refractivity contribution < 1.29 is 13.2 Å². The molecule has 202 valence electrons. The van der Waals surface area contributed by atoms with Crippen molar-refractivity contribution in [3.05, 3.63) is 96.1 Å². The van der Waals surface area contributed by atoms with Gasteiger partial charge in [-0.25, -0.2) is 13.4 Å². The number of benzene rings is 3. The van der Waals surface area contributed by atoms with Crippen LogP contribution in [0, 0.1) is 0 Å². The lowest BCUT2D eigenvalue weighted by atomic mass is 9.94. The Morgan fingerprint density at radius 2 is 1.74 bits per heavy atom. The summed E-state index contributed by atoms with van der Waals surface area (Å²) in [7, 11) is -3.62. The van der Waals surface area contributed by atoms with Gasteiger partial charge in [0.25, 0.3) is 0 Å². The molecule has 1 fully saturated rings. The quantitative estimate of drug-likeness (QED) is 0.336. The number of nitrogens with zero attached hydrogens (tertiary/aromatic N) is 3. The lowest BCUT2D eigenvalue weighted by molar-refractivity contribution is -0.133. The zero-order chi connectivity index (χ0) is 26.8. The van der Waals surface area contributed by atoms with Gasteiger partial charge in [0.05, 0.1) is 16.9 Å². The van der Waals surface area contributed by atoms with E-state index < -0.39 is 10.0 Å². The smallest absolute Gasteiger partial charge is 0.243 e. The van der Waals surface area contributed by atoms with E-state index in [0.29, 0.717) is 37.2 Å². The molecule has 3 aromatic carbocycles. The summed E-state index contributed by atoms with van der Waals surface area (Å²) in [5, 5.41) is 1.95. The lowest BCUT2D eigenvalue weighted by Gasteiger charge is -2.36. The molecule has 0 spiro atoms. The lowest BCUT2D eigenvalue weighted by Crippen LogP contribution is -2.44. The molecule has 8 heteroatoms. The highest BCUT2D eigenvalue weighted by Gasteiger charge is 2.35. The highest BCUT2D eigenvalue weighted by atomic mass is 32.2. The molecule has 2 aliphatic rings. The second kappa shape index (κ2) is 10.9. The number of fused-ring (bicyclic) bond motifs is 2. The molecule has 2 atom stereocenters. The monoisotopic (exact) mass is 542 g/mol. The second-order valence-electron chi connectivity index (χ2n) is 10.6. The molecular formula is C31H34N4O3S. The number of piperidine rings is 1. The standard InChI is InChI=1S/C31H34N4O3S/c36-29(34-20-18-28-30(33-22-32-28)31(34)24-10-2-1-3-11-24)15-8-14-26-13-6-7-19-35(26)39(37,38)27-17-16-23-9-4-5-12-25(23)21-27/h1-5,9-12,16-17,21-22,26,31H,6-8,13-15,18-20H2,(H,32,33). The third kappa shape index (κ3) is 5.11. The van der Waals surface area contributed by atoms with Crippen LogP contribution in [0.4, 0.5) is 0 Å². The number of carbonyl (C=O) groups excluding carboxylic acids is 1. The van der Waals surface area contributed by atoms with Crippen molar-refractivity contribution in [3.8, 4) is 0 Å². The predicted molar refractivity (Wildman–Crippen MR) is 152 cm³/mol. The number of sulfonamides is 1. The molecular weight excluding hydrogens is 508 g/mol. The fourth-order valence-corrected chi connectivity index (χ4v) is 7.95. The first kappa shape index (κ1) is 25.8. The Balaban J connectivity index is 1.15. The maximum atomic E-state index is 13.7. The normalized spacial score (nSPS) is 20.2. The molecule has 0 saturated carbocycles. The highest BCUT2D eigenvalue weighted by molar-refractivity contribution is 7.89. The minimum Gasteiger partial charge on any atom is -0.348 e. The average molecular weight is 543 g/mol. The van der Waals surface area contributed by atoms with Crippen LogP contribution in [-0.4, -0.2) is 52.6 Å². The van der Waals surface area contributed by atoms with E-state index in [1.807, 2.05) is 65.6 Å². The Hall–Kier alpha value is -3.49. The van der Waals surface area contributed by atoms with Crippen LogP contribution in [0.1, 0.15) is 61.5 Å². The molecule has 2 unspecified atom stereocenters. The zero-order valence-corrected chi connectivity index (χ0v) is 22.8. The summed E-state index contributed by atoms with van der Waals surface area (Å²) >= 11 is 0. The van der Waals surface area contributed by atoms with Crippen LogP contribution in [0.3, 0.4) is 0 Å². The molecule has 39 heavy (non-hydrogen) atoms. The Morgan fingerprint density at radius 1 is 0.949 bits per heavy atom. The number of carbonyl (C=O) groups is 1. The fraction of sp³-hybridized carbons (Fsp3) is 0.355. The van der Waals surface area contributed by atoms with Crippen molar-refractivity contribution in [3.63, 3.8) is 0 Å². The maximum Gasteiger partial charge on any atom is 0.243 e. The van der Waals surface area contributed by atoms with Gasteiger partial charge in [-0.1, -0.05) is 67.1 Å². The second-order valence-corrected chi connectivity index (χ2v) is 12.5. The molecule has 3 heterocycles. The highest BCUT2D eigenvalue weighted by Crippen LogP contribution is 2.34. The van der Waals surface area contributed by atoms with Crippen LogP contribution >= 0.6 is 0 Å². The van der Waals surface area contributed by atoms with Gasteiger partial charge in [-0.2, -0.15) is 4.31 Å². The summed E-state index contributed by atoms with van der Waals surface area (Å²) in [6.07, 6.45) is 6.88. The van der Waals surface area contributed by atoms with E-state index in [1.54, 1.807) is 22.8 Å². The number of imidazole rings is 1. The minimum atomic E-state index is -3.62. The summed E-state index contributed by atoms with van der Waals surface area (Å²) < 4.78 is 29.1. The van der Waals surface area contributed by atoms with Crippen molar-refractivity contribution in [1.82, 2.24) is 19.2 Å². The number of hydrogen-bond acceptors (Lipinski definition) is 4. The Bertz CT molecular complexity index is 1570. The largest absolute Gasteiger partial charge is 0.348 e. The predicted octanol–water partition coefficient (Wildman–Crippen LogP) is 5.45. The van der Waals surface area contributed by atoms with Crippen molar-refractivity contribution in [2.75, 3.05) is 13.1 Å². The van der Waals surface area contributed by atoms with Crippen molar-refractivity contribution in [2.45, 2.75) is 61.9 Å². The topological polar surface area (TPSA) is 86.4 Å². The number of H-pyrrole nitrogens is 1. The van der Waals surface area contributed by atoms with Gasteiger partial charge in [0.15, 0.2) is 0 Å². The number of nitrogens with one attached hydrogen (secondary N) is 1. The Kier molecular flexibility index (Phi) is 7.23. The van der Waals surface area contributed by atoms with Gasteiger partial charge >= 0.3 is 0 Å². The van der Waals surface area contributed by atoms with Crippen molar-refractivity contribution in [2.24, 2.45) is 0 Å². The first-order valence-electron chi connectivity index (χ1n) is 13.9. The molecule has 2 aliphatic heterocycles. The first-order valence-corrected chi connectivity index (χ1v) is 15.3. The zero-order valence-electron chi connectivity index (χ0n) is 22.0. The molecule has 0 radical (unpaired) electrons. The first-order chi connectivity index (χ1) is 19.0. The van der Waals surface area contributed by atoms with E-state index in [4.69, 9.17) is 0 Å². The number of amides is 1. The fourth-order valence-electron chi connectivity index (χ4n) is 6.19. The van der Waals surface area contributed by atoms with Gasteiger partial charge in [0.2, 0.25) is 15.9 Å². The Labute approximate surface area is 229 Å². The Morgan fingerprint density at radius 3 is 2.59 bits per heavy atom. The summed E-state index contributed by atoms with van der Waals surface area (Å²) in [5.41, 5.74) is 3.06. The third-order valence-corrected chi connectivity index (χ3v) is 10.1. The van der Waals surface area contributed by atoms with Gasteiger partial charge in [-0.3, -0.25) is 4.79 Å². The summed E-state index contributed by atoms with van der Waals surface area (Å²) in [4.78, 5) is 23.6. The van der Waals surface area contributed by atoms with E-state index in [-0.39, 0.29) is 18.0 Å². The SMILES string of the molecule is O=C(CCCC1CCCCN1S(=O)(=O)c1ccc2ccccc2c1)N1CCc2[nH]cnc2C1c1ccccc1. The van der Waals surface area contributed by atoms with Crippen LogP contribution in [0.2, 0.25) is 0 Å². The molecule has 0 bridgehead atoms. The minimum absolute atomic E-state index is 0.0905. The van der Waals surface area contributed by atoms with E-state index >= 15 is 0 Å². The number of hydrogen-bond donors (Lipinski definition) is 1. The summed E-state index contributed by atoms with van der Waals surface area (Å²) in [6, 6.07) is 23.0. The van der Waals surface area contributed by atoms with Gasteiger partial charge in [0, 0.05) is 37.7 Å². The van der Waals surface area contributed by atoms with Crippen LogP contribution in [0.15, 0.2) is 84.0 Å². The van der Waals surface area contributed by atoms with E-state index in [1.165, 1.54) is 0 Å². The summed E-state index contributed by atoms with van der Waals surface area (Å²) in [5.74, 6) is 0.0947. The van der Waals surface area contributed by atoms with E-state index in [2.05, 4.69) is 9.97 Å². The van der Waals surface area contributed by atoms with E-state index in [9.17, 15) is 13.2 Å². The van der Waals surface area contributed by atoms with Gasteiger partial charge in [-0.15, -0.1) is 0 Å². The molecule has 1 amide bonds. The van der Waals surface area contributed by atoms with Gasteiger partial charge in [0.1, 0.15) is 6.04 Å². The molecule has 1 aromatic heterocycles. The molecule has 1 saturated heterocycles. The van der Waals surface area contributed by atoms with Crippen LogP contribution in [-0.2, 0) is 21.2 Å². The third-order valence-electron chi connectivity index (χ3n) is 8.19. The van der Waals surface area contributed by atoms with E-state index in [0.717, 1.165) is 53.4 Å². The average Bonchev–Trinajstić information content (AvgIpc) is 3.46. The van der Waals surface area contributed by atoms with Crippen molar-refractivity contribution in [1.29, 1.82) is 0 Å². The summed E-state index contributed by atoms with van der Waals surface area (Å²) in [6.45, 7) is 1.16. The molecule has 6 rings (SSSR count). The molecule has 4 aromatic rings.